The fourth-order valence-corrected chi connectivity index (χ4v) is 4.98. The van der Waals surface area contributed by atoms with Crippen LogP contribution in [0.25, 0.3) is 11.0 Å². The molecular formula is C24H27F2N7O2. The number of hydrogen-bond acceptors (Lipinski definition) is 8. The SMILES string of the molecule is CC(=O)c1c(C)c2cnc(Nc3ccc(N4CCNCC4)cn3)nc2n(C2CCC(F)(F)C2)c1=O. The number of Topliss-reactive ketones (excluding diaryl/α,β-unsaturated/α-hetero) is 1. The van der Waals surface area contributed by atoms with Gasteiger partial charge in [-0.15, -0.1) is 0 Å². The van der Waals surface area contributed by atoms with E-state index in [0.29, 0.717) is 16.8 Å². The number of aryl methyl sites for hydroxylation is 1. The molecule has 3 aromatic heterocycles. The van der Waals surface area contributed by atoms with Gasteiger partial charge in [-0.05, 0) is 38.0 Å². The number of ketones is 1. The van der Waals surface area contributed by atoms with Crippen LogP contribution in [0.5, 0.6) is 0 Å². The molecule has 1 unspecified atom stereocenters. The van der Waals surface area contributed by atoms with E-state index in [0.717, 1.165) is 31.9 Å². The minimum absolute atomic E-state index is 0.0119. The quantitative estimate of drug-likeness (QED) is 0.533. The molecule has 0 radical (unpaired) electrons. The van der Waals surface area contributed by atoms with Crippen molar-refractivity contribution in [3.8, 4) is 0 Å². The number of rotatable bonds is 5. The van der Waals surface area contributed by atoms with Gasteiger partial charge in [0.2, 0.25) is 11.9 Å². The Labute approximate surface area is 200 Å². The van der Waals surface area contributed by atoms with Crippen LogP contribution in [0.3, 0.4) is 0 Å². The number of carbonyl (C=O) groups is 1. The monoisotopic (exact) mass is 483 g/mol. The van der Waals surface area contributed by atoms with E-state index in [2.05, 4.69) is 30.5 Å². The summed E-state index contributed by atoms with van der Waals surface area (Å²) in [6.07, 6.45) is 2.64. The predicted molar refractivity (Wildman–Crippen MR) is 129 cm³/mol. The van der Waals surface area contributed by atoms with Crippen LogP contribution in [-0.4, -0.2) is 57.4 Å². The molecule has 11 heteroatoms. The molecule has 4 heterocycles. The lowest BCUT2D eigenvalue weighted by atomic mass is 10.0. The molecule has 0 amide bonds. The van der Waals surface area contributed by atoms with Gasteiger partial charge < -0.3 is 15.5 Å². The average molecular weight is 484 g/mol. The molecule has 1 atom stereocenters. The number of piperazine rings is 1. The van der Waals surface area contributed by atoms with Crippen molar-refractivity contribution >= 4 is 34.3 Å². The van der Waals surface area contributed by atoms with Crippen LogP contribution in [0, 0.1) is 6.92 Å². The largest absolute Gasteiger partial charge is 0.368 e. The maximum Gasteiger partial charge on any atom is 0.263 e. The van der Waals surface area contributed by atoms with Gasteiger partial charge in [0, 0.05) is 56.6 Å². The van der Waals surface area contributed by atoms with Gasteiger partial charge in [0.15, 0.2) is 5.78 Å². The Kier molecular flexibility index (Phi) is 5.96. The van der Waals surface area contributed by atoms with Crippen molar-refractivity contribution in [2.75, 3.05) is 36.4 Å². The molecule has 0 aromatic carbocycles. The van der Waals surface area contributed by atoms with E-state index in [4.69, 9.17) is 0 Å². The van der Waals surface area contributed by atoms with Crippen LogP contribution in [0.4, 0.5) is 26.2 Å². The number of nitrogens with zero attached hydrogens (tertiary/aromatic N) is 5. The van der Waals surface area contributed by atoms with Crippen molar-refractivity contribution in [2.45, 2.75) is 45.1 Å². The van der Waals surface area contributed by atoms with Crippen molar-refractivity contribution < 1.29 is 13.6 Å². The first-order chi connectivity index (χ1) is 16.7. The number of halogens is 2. The normalized spacial score (nSPS) is 19.8. The van der Waals surface area contributed by atoms with Gasteiger partial charge in [-0.1, -0.05) is 0 Å². The molecule has 2 N–H and O–H groups in total. The van der Waals surface area contributed by atoms with Gasteiger partial charge in [0.05, 0.1) is 17.4 Å². The van der Waals surface area contributed by atoms with E-state index in [1.165, 1.54) is 17.7 Å². The summed E-state index contributed by atoms with van der Waals surface area (Å²) in [5, 5.41) is 6.84. The Balaban J connectivity index is 1.52. The highest BCUT2D eigenvalue weighted by Crippen LogP contribution is 2.42. The van der Waals surface area contributed by atoms with Crippen LogP contribution in [-0.2, 0) is 0 Å². The molecule has 35 heavy (non-hydrogen) atoms. The standard InChI is InChI=1S/C24H27F2N7O2/c1-14-18-13-29-23(30-19-4-3-17(12-28-19)32-9-7-27-8-10-32)31-21(18)33(22(35)20(14)15(2)34)16-5-6-24(25,26)11-16/h3-4,12-13,16,27H,5-11H2,1-2H3,(H,28,29,30,31). The van der Waals surface area contributed by atoms with Gasteiger partial charge in [-0.3, -0.25) is 14.2 Å². The summed E-state index contributed by atoms with van der Waals surface area (Å²) in [7, 11) is 0. The van der Waals surface area contributed by atoms with Crippen LogP contribution >= 0.6 is 0 Å². The number of hydrogen-bond donors (Lipinski definition) is 2. The fraction of sp³-hybridized carbons (Fsp3) is 0.458. The zero-order valence-electron chi connectivity index (χ0n) is 19.6. The molecule has 184 valence electrons. The van der Waals surface area contributed by atoms with Gasteiger partial charge >= 0.3 is 0 Å². The molecule has 1 aliphatic heterocycles. The smallest absolute Gasteiger partial charge is 0.263 e. The van der Waals surface area contributed by atoms with Crippen molar-refractivity contribution in [3.63, 3.8) is 0 Å². The number of nitrogens with one attached hydrogen (secondary N) is 2. The number of anilines is 3. The lowest BCUT2D eigenvalue weighted by molar-refractivity contribution is 0.00566. The predicted octanol–water partition coefficient (Wildman–Crippen LogP) is 3.21. The molecule has 1 aliphatic carbocycles. The number of aromatic nitrogens is 4. The Bertz CT molecular complexity index is 1330. The maximum atomic E-state index is 14.0. The highest BCUT2D eigenvalue weighted by Gasteiger charge is 2.41. The van der Waals surface area contributed by atoms with Crippen LogP contribution in [0.2, 0.25) is 0 Å². The third-order valence-electron chi connectivity index (χ3n) is 6.77. The molecule has 0 bridgehead atoms. The third-order valence-corrected chi connectivity index (χ3v) is 6.77. The number of pyridine rings is 2. The molecule has 1 saturated carbocycles. The van der Waals surface area contributed by atoms with Crippen molar-refractivity contribution in [2.24, 2.45) is 0 Å². The molecule has 1 saturated heterocycles. The molecule has 5 rings (SSSR count). The van der Waals surface area contributed by atoms with Crippen LogP contribution < -0.4 is 21.1 Å². The summed E-state index contributed by atoms with van der Waals surface area (Å²) in [5.41, 5.74) is 1.09. The van der Waals surface area contributed by atoms with Crippen LogP contribution in [0.15, 0.2) is 29.3 Å². The zero-order valence-corrected chi connectivity index (χ0v) is 19.6. The summed E-state index contributed by atoms with van der Waals surface area (Å²) in [6, 6.07) is 3.03. The van der Waals surface area contributed by atoms with Crippen LogP contribution in [0.1, 0.15) is 48.1 Å². The molecule has 3 aromatic rings. The lowest BCUT2D eigenvalue weighted by Crippen LogP contribution is -2.43. The Hall–Kier alpha value is -3.47. The highest BCUT2D eigenvalue weighted by molar-refractivity contribution is 5.99. The minimum Gasteiger partial charge on any atom is -0.368 e. The van der Waals surface area contributed by atoms with E-state index in [-0.39, 0.29) is 30.0 Å². The second kappa shape index (κ2) is 8.95. The maximum absolute atomic E-state index is 14.0. The molecule has 0 spiro atoms. The molecular weight excluding hydrogens is 456 g/mol. The summed E-state index contributed by atoms with van der Waals surface area (Å²) < 4.78 is 29.3. The first-order valence-corrected chi connectivity index (χ1v) is 11.7. The van der Waals surface area contributed by atoms with E-state index in [1.54, 1.807) is 13.1 Å². The van der Waals surface area contributed by atoms with Gasteiger partial charge in [-0.25, -0.2) is 18.7 Å². The van der Waals surface area contributed by atoms with Gasteiger partial charge in [0.25, 0.3) is 5.56 Å². The van der Waals surface area contributed by atoms with E-state index >= 15 is 0 Å². The lowest BCUT2D eigenvalue weighted by Gasteiger charge is -2.29. The van der Waals surface area contributed by atoms with Crippen molar-refractivity contribution in [3.05, 3.63) is 46.0 Å². The Morgan fingerprint density at radius 3 is 2.60 bits per heavy atom. The number of carbonyl (C=O) groups excluding carboxylic acids is 1. The zero-order chi connectivity index (χ0) is 24.7. The molecule has 2 fully saturated rings. The topological polar surface area (TPSA) is 105 Å². The minimum atomic E-state index is -2.86. The molecule has 9 nitrogen and oxygen atoms in total. The second-order valence-electron chi connectivity index (χ2n) is 9.18. The Morgan fingerprint density at radius 1 is 1.20 bits per heavy atom. The highest BCUT2D eigenvalue weighted by atomic mass is 19.3. The van der Waals surface area contributed by atoms with Crippen molar-refractivity contribution in [1.82, 2.24) is 24.8 Å². The first-order valence-electron chi connectivity index (χ1n) is 11.7. The number of fused-ring (bicyclic) bond motifs is 1. The number of alkyl halides is 2. The summed E-state index contributed by atoms with van der Waals surface area (Å²) in [4.78, 5) is 41.1. The van der Waals surface area contributed by atoms with E-state index in [9.17, 15) is 18.4 Å². The average Bonchev–Trinajstić information content (AvgIpc) is 3.19. The van der Waals surface area contributed by atoms with Gasteiger partial charge in [0.1, 0.15) is 11.5 Å². The fourth-order valence-electron chi connectivity index (χ4n) is 4.98. The third kappa shape index (κ3) is 4.47. The summed E-state index contributed by atoms with van der Waals surface area (Å²) in [5.74, 6) is -2.57. The summed E-state index contributed by atoms with van der Waals surface area (Å²) in [6.45, 7) is 6.61. The van der Waals surface area contributed by atoms with E-state index < -0.39 is 29.7 Å². The Morgan fingerprint density at radius 2 is 1.97 bits per heavy atom. The molecule has 2 aliphatic rings. The van der Waals surface area contributed by atoms with Gasteiger partial charge in [-0.2, -0.15) is 4.98 Å². The summed E-state index contributed by atoms with van der Waals surface area (Å²) >= 11 is 0. The first kappa shape index (κ1) is 23.3. The van der Waals surface area contributed by atoms with E-state index in [1.807, 2.05) is 12.1 Å². The second-order valence-corrected chi connectivity index (χ2v) is 9.18. The van der Waals surface area contributed by atoms with Crippen molar-refractivity contribution in [1.29, 1.82) is 0 Å².